The number of hydrogen-bond acceptors (Lipinski definition) is 2. The summed E-state index contributed by atoms with van der Waals surface area (Å²) >= 11 is 4.95. The smallest absolute Gasteiger partial charge is 0.195 e. The molecule has 0 radical (unpaired) electrons. The van der Waals surface area contributed by atoms with Gasteiger partial charge in [0, 0.05) is 5.56 Å². The normalized spacial score (nSPS) is 14.2. The maximum atomic E-state index is 4.95. The fourth-order valence-corrected chi connectivity index (χ4v) is 2.63. The van der Waals surface area contributed by atoms with Crippen LogP contribution in [0.4, 0.5) is 0 Å². The minimum atomic E-state index is 0.290. The van der Waals surface area contributed by atoms with E-state index in [1.807, 2.05) is 24.3 Å². The van der Waals surface area contributed by atoms with Crippen molar-refractivity contribution in [3.63, 3.8) is 0 Å². The Morgan fingerprint density at radius 1 is 0.750 bits per heavy atom. The highest BCUT2D eigenvalue weighted by Crippen LogP contribution is 2.27. The van der Waals surface area contributed by atoms with Crippen molar-refractivity contribution in [2.45, 2.75) is 0 Å². The second-order valence-corrected chi connectivity index (χ2v) is 5.01. The molecule has 4 heteroatoms. The molecule has 3 aromatic rings. The van der Waals surface area contributed by atoms with Crippen molar-refractivity contribution >= 4 is 44.7 Å². The Hall–Kier alpha value is -2.46. The van der Waals surface area contributed by atoms with Crippen LogP contribution in [0.1, 0.15) is 5.56 Å². The second-order valence-electron chi connectivity index (χ2n) is 4.64. The monoisotopic (exact) mass is 275 g/mol. The predicted octanol–water partition coefficient (Wildman–Crippen LogP) is 4.49. The van der Waals surface area contributed by atoms with Gasteiger partial charge in [0.05, 0.1) is 0 Å². The maximum Gasteiger partial charge on any atom is 0.242 e. The third-order valence-electron chi connectivity index (χ3n) is 3.42. The summed E-state index contributed by atoms with van der Waals surface area (Å²) in [6.07, 6.45) is 0. The molecule has 1 heterocycles. The molecule has 0 aromatic heterocycles. The first-order valence-corrected chi connectivity index (χ1v) is 6.68. The van der Waals surface area contributed by atoms with Gasteiger partial charge in [-0.25, -0.2) is 0 Å². The molecule has 3 nitrogen and oxygen atoms in total. The summed E-state index contributed by atoms with van der Waals surface area (Å²) in [5, 5.41) is 12.9. The highest BCUT2D eigenvalue weighted by atomic mass is 32.1. The summed E-state index contributed by atoms with van der Waals surface area (Å²) in [7, 11) is 0. The van der Waals surface area contributed by atoms with Gasteiger partial charge >= 0.3 is 0 Å². The van der Waals surface area contributed by atoms with Crippen LogP contribution < -0.4 is 0 Å². The van der Waals surface area contributed by atoms with Gasteiger partial charge in [0.15, 0.2) is 5.84 Å². The molecular weight excluding hydrogens is 266 g/mol. The first kappa shape index (κ1) is 11.4. The van der Waals surface area contributed by atoms with Gasteiger partial charge < -0.3 is 0 Å². The molecule has 0 saturated carbocycles. The molecular formula is C16H9N3S. The van der Waals surface area contributed by atoms with E-state index in [9.17, 15) is 0 Å². The van der Waals surface area contributed by atoms with Gasteiger partial charge in [-0.05, 0) is 45.9 Å². The molecule has 20 heavy (non-hydrogen) atoms. The first-order chi connectivity index (χ1) is 9.81. The van der Waals surface area contributed by atoms with Crippen LogP contribution in [0.15, 0.2) is 69.8 Å². The number of amidine groups is 1. The highest BCUT2D eigenvalue weighted by Gasteiger charge is 2.13. The molecule has 94 valence electrons. The SMILES string of the molecule is S=C1N=NC(c2cccc3cc4ccccc4cc23)=N1. The number of nitrogens with zero attached hydrogens (tertiary/aromatic N) is 3. The van der Waals surface area contributed by atoms with Crippen molar-refractivity contribution in [3.05, 3.63) is 60.2 Å². The van der Waals surface area contributed by atoms with Crippen LogP contribution in [0.3, 0.4) is 0 Å². The Morgan fingerprint density at radius 2 is 1.50 bits per heavy atom. The first-order valence-electron chi connectivity index (χ1n) is 6.27. The number of benzene rings is 3. The quantitative estimate of drug-likeness (QED) is 0.476. The molecule has 0 saturated heterocycles. The van der Waals surface area contributed by atoms with Gasteiger partial charge in [0.1, 0.15) is 0 Å². The lowest BCUT2D eigenvalue weighted by Gasteiger charge is -2.06. The summed E-state index contributed by atoms with van der Waals surface area (Å²) < 4.78 is 0. The van der Waals surface area contributed by atoms with Crippen molar-refractivity contribution < 1.29 is 0 Å². The molecule has 3 aromatic carbocycles. The van der Waals surface area contributed by atoms with Gasteiger partial charge in [-0.15, -0.1) is 10.2 Å². The number of aliphatic imine (C=N–C) groups is 1. The largest absolute Gasteiger partial charge is 0.242 e. The van der Waals surface area contributed by atoms with Crippen molar-refractivity contribution in [2.75, 3.05) is 0 Å². The lowest BCUT2D eigenvalue weighted by Crippen LogP contribution is -1.95. The minimum Gasteiger partial charge on any atom is -0.195 e. The Bertz CT molecular complexity index is 925. The van der Waals surface area contributed by atoms with Crippen LogP contribution in [0.5, 0.6) is 0 Å². The van der Waals surface area contributed by atoms with Gasteiger partial charge in [-0.2, -0.15) is 4.99 Å². The lowest BCUT2D eigenvalue weighted by atomic mass is 9.99. The third kappa shape index (κ3) is 1.73. The Labute approximate surface area is 120 Å². The van der Waals surface area contributed by atoms with E-state index in [0.29, 0.717) is 5.84 Å². The van der Waals surface area contributed by atoms with E-state index in [-0.39, 0.29) is 5.11 Å². The molecule has 0 N–H and O–H groups in total. The van der Waals surface area contributed by atoms with Gasteiger partial charge in [-0.3, -0.25) is 0 Å². The van der Waals surface area contributed by atoms with Crippen LogP contribution in [0.2, 0.25) is 0 Å². The summed E-state index contributed by atoms with van der Waals surface area (Å²) in [6.45, 7) is 0. The average Bonchev–Trinajstić information content (AvgIpc) is 2.91. The van der Waals surface area contributed by atoms with E-state index in [4.69, 9.17) is 12.2 Å². The van der Waals surface area contributed by atoms with Crippen LogP contribution in [-0.4, -0.2) is 10.9 Å². The van der Waals surface area contributed by atoms with Crippen molar-refractivity contribution in [1.82, 2.24) is 0 Å². The van der Waals surface area contributed by atoms with Crippen molar-refractivity contribution in [1.29, 1.82) is 0 Å². The standard InChI is InChI=1S/C16H9N3S/c20-16-17-15(18-19-16)13-7-3-6-12-8-10-4-1-2-5-11(10)9-14(12)13/h1-9H. The topological polar surface area (TPSA) is 37.1 Å². The lowest BCUT2D eigenvalue weighted by molar-refractivity contribution is 1.40. The predicted molar refractivity (Wildman–Crippen MR) is 85.4 cm³/mol. The summed E-state index contributed by atoms with van der Waals surface area (Å²) in [4.78, 5) is 4.20. The zero-order valence-corrected chi connectivity index (χ0v) is 11.3. The summed E-state index contributed by atoms with van der Waals surface area (Å²) in [6, 6.07) is 18.8. The Morgan fingerprint density at radius 3 is 2.25 bits per heavy atom. The van der Waals surface area contributed by atoms with Crippen LogP contribution >= 0.6 is 12.2 Å². The number of rotatable bonds is 1. The summed E-state index contributed by atoms with van der Waals surface area (Å²) in [5.41, 5.74) is 0.969. The molecule has 1 aliphatic heterocycles. The maximum absolute atomic E-state index is 4.95. The summed E-state index contributed by atoms with van der Waals surface area (Å²) in [5.74, 6) is 0.593. The van der Waals surface area contributed by atoms with Crippen molar-refractivity contribution in [3.8, 4) is 0 Å². The third-order valence-corrected chi connectivity index (χ3v) is 3.59. The van der Waals surface area contributed by atoms with Crippen LogP contribution in [0.25, 0.3) is 21.5 Å². The number of thiocarbonyl (C=S) groups is 1. The highest BCUT2D eigenvalue weighted by molar-refractivity contribution is 7.80. The zero-order valence-electron chi connectivity index (χ0n) is 10.4. The van der Waals surface area contributed by atoms with E-state index in [0.717, 1.165) is 16.3 Å². The molecule has 0 atom stereocenters. The fourth-order valence-electron chi connectivity index (χ4n) is 2.50. The fraction of sp³-hybridized carbons (Fsp3) is 0. The Balaban J connectivity index is 2.07. The average molecular weight is 275 g/mol. The van der Waals surface area contributed by atoms with E-state index >= 15 is 0 Å². The van der Waals surface area contributed by atoms with Crippen LogP contribution in [-0.2, 0) is 0 Å². The zero-order chi connectivity index (χ0) is 13.5. The van der Waals surface area contributed by atoms with E-state index < -0.39 is 0 Å². The number of hydrogen-bond donors (Lipinski definition) is 0. The second kappa shape index (κ2) is 4.28. The van der Waals surface area contributed by atoms with Crippen LogP contribution in [0, 0.1) is 0 Å². The molecule has 1 aliphatic rings. The molecule has 4 rings (SSSR count). The van der Waals surface area contributed by atoms with Gasteiger partial charge in [0.25, 0.3) is 0 Å². The molecule has 0 unspecified atom stereocenters. The molecule has 0 amide bonds. The Kier molecular flexibility index (Phi) is 2.44. The van der Waals surface area contributed by atoms with Gasteiger partial charge in [0.2, 0.25) is 5.11 Å². The van der Waals surface area contributed by atoms with E-state index in [1.54, 1.807) is 0 Å². The van der Waals surface area contributed by atoms with E-state index in [1.165, 1.54) is 10.8 Å². The van der Waals surface area contributed by atoms with Crippen molar-refractivity contribution in [2.24, 2.45) is 15.2 Å². The number of fused-ring (bicyclic) bond motifs is 2. The number of azo groups is 1. The van der Waals surface area contributed by atoms with E-state index in [2.05, 4.69) is 45.6 Å². The molecule has 0 aliphatic carbocycles. The minimum absolute atomic E-state index is 0.290. The molecule has 0 spiro atoms. The van der Waals surface area contributed by atoms with Gasteiger partial charge in [-0.1, -0.05) is 42.5 Å². The molecule has 0 bridgehead atoms. The molecule has 0 fully saturated rings.